The Balaban J connectivity index is 1.75. The van der Waals surface area contributed by atoms with Crippen LogP contribution in [0.4, 0.5) is 5.69 Å². The molecule has 0 spiro atoms. The van der Waals surface area contributed by atoms with Gasteiger partial charge >= 0.3 is 5.97 Å². The van der Waals surface area contributed by atoms with E-state index in [2.05, 4.69) is 4.90 Å². The van der Waals surface area contributed by atoms with Crippen LogP contribution in [-0.4, -0.2) is 35.9 Å². The number of hydroxylamine groups is 2. The van der Waals surface area contributed by atoms with Crippen molar-refractivity contribution < 1.29 is 19.2 Å². The number of hydrogen-bond donors (Lipinski definition) is 0. The zero-order valence-electron chi connectivity index (χ0n) is 14.1. The van der Waals surface area contributed by atoms with Crippen molar-refractivity contribution in [2.24, 2.45) is 0 Å². The fourth-order valence-corrected chi connectivity index (χ4v) is 2.78. The molecule has 1 heterocycles. The molecule has 0 fully saturated rings. The molecule has 0 radical (unpaired) electrons. The molecule has 0 aromatic heterocycles. The Morgan fingerprint density at radius 3 is 1.92 bits per heavy atom. The molecule has 1 aliphatic rings. The van der Waals surface area contributed by atoms with Gasteiger partial charge in [0.25, 0.3) is 11.8 Å². The maximum atomic E-state index is 12.3. The minimum absolute atomic E-state index is 0.234. The molecule has 6 nitrogen and oxygen atoms in total. The lowest BCUT2D eigenvalue weighted by atomic mass is 10.1. The lowest BCUT2D eigenvalue weighted by Gasteiger charge is -2.21. The van der Waals surface area contributed by atoms with Crippen molar-refractivity contribution in [1.29, 1.82) is 0 Å². The molecule has 25 heavy (non-hydrogen) atoms. The number of carbonyl (C=O) groups excluding carboxylic acids is 3. The highest BCUT2D eigenvalue weighted by Gasteiger charge is 2.38. The number of carbonyl (C=O) groups is 3. The summed E-state index contributed by atoms with van der Waals surface area (Å²) in [4.78, 5) is 43.9. The molecule has 0 N–H and O–H groups in total. The van der Waals surface area contributed by atoms with Crippen molar-refractivity contribution >= 4 is 23.5 Å². The van der Waals surface area contributed by atoms with E-state index >= 15 is 0 Å². The fraction of sp³-hybridized carbons (Fsp3) is 0.211. The van der Waals surface area contributed by atoms with Crippen LogP contribution in [0.25, 0.3) is 0 Å². The van der Waals surface area contributed by atoms with Crippen molar-refractivity contribution in [3.05, 3.63) is 65.2 Å². The van der Waals surface area contributed by atoms with Gasteiger partial charge in [-0.05, 0) is 50.2 Å². The summed E-state index contributed by atoms with van der Waals surface area (Å²) in [5.41, 5.74) is 1.73. The predicted octanol–water partition coefficient (Wildman–Crippen LogP) is 2.90. The summed E-state index contributed by atoms with van der Waals surface area (Å²) in [7, 11) is 0. The Morgan fingerprint density at radius 2 is 1.44 bits per heavy atom. The van der Waals surface area contributed by atoms with Crippen LogP contribution in [0.1, 0.15) is 44.9 Å². The molecule has 0 saturated heterocycles. The van der Waals surface area contributed by atoms with Gasteiger partial charge in [-0.1, -0.05) is 17.2 Å². The third kappa shape index (κ3) is 2.98. The summed E-state index contributed by atoms with van der Waals surface area (Å²) in [6.07, 6.45) is 0. The number of anilines is 1. The number of amides is 2. The van der Waals surface area contributed by atoms with Gasteiger partial charge in [0.05, 0.1) is 16.7 Å². The molecule has 2 amide bonds. The number of fused-ring (bicyclic) bond motifs is 1. The van der Waals surface area contributed by atoms with Crippen LogP contribution in [0.5, 0.6) is 0 Å². The van der Waals surface area contributed by atoms with Crippen molar-refractivity contribution in [2.75, 3.05) is 18.0 Å². The molecular formula is C19H18N2O4. The first-order valence-electron chi connectivity index (χ1n) is 8.12. The Kier molecular flexibility index (Phi) is 4.52. The second kappa shape index (κ2) is 6.76. The molecule has 0 unspecified atom stereocenters. The van der Waals surface area contributed by atoms with E-state index in [4.69, 9.17) is 4.84 Å². The average Bonchev–Trinajstić information content (AvgIpc) is 2.88. The van der Waals surface area contributed by atoms with Gasteiger partial charge in [-0.2, -0.15) is 0 Å². The van der Waals surface area contributed by atoms with Gasteiger partial charge in [0.1, 0.15) is 0 Å². The van der Waals surface area contributed by atoms with Crippen LogP contribution in [0, 0.1) is 0 Å². The molecule has 1 aliphatic heterocycles. The van der Waals surface area contributed by atoms with E-state index in [0.717, 1.165) is 18.8 Å². The predicted molar refractivity (Wildman–Crippen MR) is 92.4 cm³/mol. The van der Waals surface area contributed by atoms with Crippen molar-refractivity contribution in [3.8, 4) is 0 Å². The van der Waals surface area contributed by atoms with E-state index in [1.54, 1.807) is 24.3 Å². The second-order valence-electron chi connectivity index (χ2n) is 5.55. The molecule has 2 aromatic rings. The molecule has 0 aliphatic carbocycles. The Bertz CT molecular complexity index is 791. The third-order valence-electron chi connectivity index (χ3n) is 4.16. The van der Waals surface area contributed by atoms with Crippen molar-refractivity contribution in [1.82, 2.24) is 5.06 Å². The molecule has 3 rings (SSSR count). The molecule has 128 valence electrons. The van der Waals surface area contributed by atoms with Crippen molar-refractivity contribution in [3.63, 3.8) is 0 Å². The SMILES string of the molecule is CCN(CC)c1ccc(C(=O)ON2C(=O)c3ccccc3C2=O)cc1. The first-order valence-corrected chi connectivity index (χ1v) is 8.12. The van der Waals surface area contributed by atoms with Gasteiger partial charge in [0, 0.05) is 18.8 Å². The number of nitrogens with zero attached hydrogens (tertiary/aromatic N) is 2. The van der Waals surface area contributed by atoms with E-state index < -0.39 is 17.8 Å². The van der Waals surface area contributed by atoms with E-state index in [9.17, 15) is 14.4 Å². The third-order valence-corrected chi connectivity index (χ3v) is 4.16. The second-order valence-corrected chi connectivity index (χ2v) is 5.55. The van der Waals surface area contributed by atoms with Crippen LogP contribution in [0.3, 0.4) is 0 Å². The summed E-state index contributed by atoms with van der Waals surface area (Å²) < 4.78 is 0. The first kappa shape index (κ1) is 16.7. The maximum absolute atomic E-state index is 12.3. The van der Waals surface area contributed by atoms with Crippen LogP contribution >= 0.6 is 0 Å². The van der Waals surface area contributed by atoms with Crippen LogP contribution in [-0.2, 0) is 4.84 Å². The summed E-state index contributed by atoms with van der Waals surface area (Å²) in [5.74, 6) is -2.01. The minimum Gasteiger partial charge on any atom is -0.372 e. The quantitative estimate of drug-likeness (QED) is 0.784. The molecule has 6 heteroatoms. The lowest BCUT2D eigenvalue weighted by molar-refractivity contribution is -0.0584. The summed E-state index contributed by atoms with van der Waals surface area (Å²) in [5, 5.41) is 0.519. The highest BCUT2D eigenvalue weighted by atomic mass is 16.7. The van der Waals surface area contributed by atoms with Gasteiger partial charge < -0.3 is 9.74 Å². The smallest absolute Gasteiger partial charge is 0.363 e. The Morgan fingerprint density at radius 1 is 0.920 bits per heavy atom. The van der Waals surface area contributed by atoms with E-state index in [1.165, 1.54) is 12.1 Å². The largest absolute Gasteiger partial charge is 0.372 e. The van der Waals surface area contributed by atoms with Crippen molar-refractivity contribution in [2.45, 2.75) is 13.8 Å². The summed E-state index contributed by atoms with van der Waals surface area (Å²) in [6, 6.07) is 13.2. The average molecular weight is 338 g/mol. The van der Waals surface area contributed by atoms with E-state index in [1.807, 2.05) is 26.0 Å². The van der Waals surface area contributed by atoms with Crippen LogP contribution < -0.4 is 4.90 Å². The highest BCUT2D eigenvalue weighted by Crippen LogP contribution is 2.23. The minimum atomic E-state index is -0.749. The molecule has 0 bridgehead atoms. The van der Waals surface area contributed by atoms with E-state index in [-0.39, 0.29) is 16.7 Å². The monoisotopic (exact) mass is 338 g/mol. The zero-order valence-corrected chi connectivity index (χ0v) is 14.1. The molecular weight excluding hydrogens is 320 g/mol. The number of benzene rings is 2. The molecule has 0 saturated carbocycles. The summed E-state index contributed by atoms with van der Waals surface area (Å²) >= 11 is 0. The zero-order chi connectivity index (χ0) is 18.0. The number of rotatable bonds is 5. The fourth-order valence-electron chi connectivity index (χ4n) is 2.78. The van der Waals surface area contributed by atoms with Gasteiger partial charge in [0.2, 0.25) is 0 Å². The van der Waals surface area contributed by atoms with E-state index in [0.29, 0.717) is 5.06 Å². The van der Waals surface area contributed by atoms with Gasteiger partial charge in [-0.3, -0.25) is 9.59 Å². The van der Waals surface area contributed by atoms with Crippen LogP contribution in [0.2, 0.25) is 0 Å². The molecule has 2 aromatic carbocycles. The van der Waals surface area contributed by atoms with Crippen LogP contribution in [0.15, 0.2) is 48.5 Å². The van der Waals surface area contributed by atoms with Gasteiger partial charge in [0.15, 0.2) is 0 Å². The maximum Gasteiger partial charge on any atom is 0.363 e. The Hall–Kier alpha value is -3.15. The van der Waals surface area contributed by atoms with Gasteiger partial charge in [-0.15, -0.1) is 0 Å². The number of imide groups is 1. The topological polar surface area (TPSA) is 66.9 Å². The Labute approximate surface area is 145 Å². The standard InChI is InChI=1S/C19H18N2O4/c1-3-20(4-2)14-11-9-13(10-12-14)19(24)25-21-17(22)15-7-5-6-8-16(15)18(21)23/h5-12H,3-4H2,1-2H3. The number of hydrogen-bond acceptors (Lipinski definition) is 5. The normalized spacial score (nSPS) is 13.0. The molecule has 0 atom stereocenters. The first-order chi connectivity index (χ1) is 12.1. The lowest BCUT2D eigenvalue weighted by Crippen LogP contribution is -2.32. The summed E-state index contributed by atoms with van der Waals surface area (Å²) in [6.45, 7) is 5.81. The highest BCUT2D eigenvalue weighted by molar-refractivity contribution is 6.21. The van der Waals surface area contributed by atoms with Gasteiger partial charge in [-0.25, -0.2) is 4.79 Å².